The Morgan fingerprint density at radius 2 is 1.59 bits per heavy atom. The molecule has 1 saturated heterocycles. The van der Waals surface area contributed by atoms with Crippen LogP contribution in [-0.2, 0) is 16.0 Å². The van der Waals surface area contributed by atoms with Crippen molar-refractivity contribution in [3.05, 3.63) is 29.8 Å². The number of anilines is 1. The van der Waals surface area contributed by atoms with Crippen molar-refractivity contribution in [2.24, 2.45) is 11.1 Å². The van der Waals surface area contributed by atoms with Gasteiger partial charge in [0.15, 0.2) is 0 Å². The minimum absolute atomic E-state index is 0. The van der Waals surface area contributed by atoms with Gasteiger partial charge in [0.25, 0.3) is 0 Å². The van der Waals surface area contributed by atoms with Crippen LogP contribution in [0.2, 0.25) is 0 Å². The molecule has 0 bridgehead atoms. The number of nitrogens with one attached hydrogen (secondary N) is 1. The fourth-order valence-electron chi connectivity index (χ4n) is 2.66. The minimum atomic E-state index is -0.578. The van der Waals surface area contributed by atoms with Gasteiger partial charge in [-0.1, -0.05) is 32.9 Å². The zero-order valence-corrected chi connectivity index (χ0v) is 18.2. The largest absolute Gasteiger partial charge is 0.340 e. The average Bonchev–Trinajstić information content (AvgIpc) is 2.55. The van der Waals surface area contributed by atoms with Crippen molar-refractivity contribution in [1.82, 2.24) is 9.80 Å². The number of hydrogen-bond donors (Lipinski definition) is 2. The van der Waals surface area contributed by atoms with Crippen LogP contribution in [0.1, 0.15) is 26.3 Å². The summed E-state index contributed by atoms with van der Waals surface area (Å²) in [5.74, 6) is -0.0478. The molecule has 1 heterocycles. The highest BCUT2D eigenvalue weighted by molar-refractivity contribution is 5.95. The maximum atomic E-state index is 12.4. The maximum absolute atomic E-state index is 12.4. The van der Waals surface area contributed by atoms with Gasteiger partial charge in [0, 0.05) is 31.9 Å². The van der Waals surface area contributed by atoms with Crippen LogP contribution in [0.25, 0.3) is 0 Å². The lowest BCUT2D eigenvalue weighted by atomic mass is 9.87. The molecular weight excluding hydrogens is 387 g/mol. The predicted octanol–water partition coefficient (Wildman–Crippen LogP) is 2.16. The number of amides is 2. The molecule has 0 aliphatic carbocycles. The molecular formula is C19H32Cl2N4O2. The fourth-order valence-corrected chi connectivity index (χ4v) is 2.66. The number of carbonyl (C=O) groups is 2. The predicted molar refractivity (Wildman–Crippen MR) is 115 cm³/mol. The summed E-state index contributed by atoms with van der Waals surface area (Å²) in [4.78, 5) is 28.7. The normalized spacial score (nSPS) is 16.0. The molecule has 0 spiro atoms. The van der Waals surface area contributed by atoms with Gasteiger partial charge in [-0.3, -0.25) is 9.59 Å². The molecule has 2 rings (SSSR count). The highest BCUT2D eigenvalue weighted by atomic mass is 35.5. The van der Waals surface area contributed by atoms with E-state index in [1.54, 1.807) is 0 Å². The van der Waals surface area contributed by atoms with Crippen LogP contribution < -0.4 is 11.1 Å². The Morgan fingerprint density at radius 1 is 1.07 bits per heavy atom. The molecule has 154 valence electrons. The van der Waals surface area contributed by atoms with Crippen LogP contribution in [0.3, 0.4) is 0 Å². The third-order valence-corrected chi connectivity index (χ3v) is 4.65. The Kier molecular flexibility index (Phi) is 10.3. The Balaban J connectivity index is 0.00000338. The van der Waals surface area contributed by atoms with Crippen molar-refractivity contribution in [2.75, 3.05) is 38.5 Å². The number of hydrogen-bond acceptors (Lipinski definition) is 4. The summed E-state index contributed by atoms with van der Waals surface area (Å²) < 4.78 is 0. The van der Waals surface area contributed by atoms with Crippen molar-refractivity contribution in [3.8, 4) is 0 Å². The summed E-state index contributed by atoms with van der Waals surface area (Å²) in [6.45, 7) is 9.22. The molecule has 1 aliphatic heterocycles. The van der Waals surface area contributed by atoms with Gasteiger partial charge in [0.2, 0.25) is 11.8 Å². The first kappa shape index (κ1) is 25.7. The fraction of sp³-hybridized carbons (Fsp3) is 0.579. The second kappa shape index (κ2) is 10.9. The van der Waals surface area contributed by atoms with E-state index in [2.05, 4.69) is 17.3 Å². The Hall–Kier alpha value is -1.34. The minimum Gasteiger partial charge on any atom is -0.340 e. The van der Waals surface area contributed by atoms with Crippen molar-refractivity contribution in [3.63, 3.8) is 0 Å². The van der Waals surface area contributed by atoms with Crippen molar-refractivity contribution in [1.29, 1.82) is 0 Å². The van der Waals surface area contributed by atoms with E-state index in [0.29, 0.717) is 12.1 Å². The molecule has 6 nitrogen and oxygen atoms in total. The average molecular weight is 419 g/mol. The van der Waals surface area contributed by atoms with Crippen molar-refractivity contribution in [2.45, 2.75) is 33.2 Å². The van der Waals surface area contributed by atoms with Gasteiger partial charge in [-0.2, -0.15) is 0 Å². The number of carbonyl (C=O) groups excluding carboxylic acids is 2. The molecule has 8 heteroatoms. The summed E-state index contributed by atoms with van der Waals surface area (Å²) in [5, 5.41) is 2.83. The molecule has 2 amide bonds. The van der Waals surface area contributed by atoms with Gasteiger partial charge in [-0.15, -0.1) is 24.8 Å². The maximum Gasteiger partial charge on any atom is 0.241 e. The molecule has 1 aromatic carbocycles. The monoisotopic (exact) mass is 418 g/mol. The zero-order valence-electron chi connectivity index (χ0n) is 16.5. The van der Waals surface area contributed by atoms with Gasteiger partial charge < -0.3 is 20.9 Å². The number of piperazine rings is 1. The van der Waals surface area contributed by atoms with E-state index >= 15 is 0 Å². The summed E-state index contributed by atoms with van der Waals surface area (Å²) in [6, 6.07) is 6.82. The van der Waals surface area contributed by atoms with Crippen LogP contribution in [-0.4, -0.2) is 60.9 Å². The molecule has 27 heavy (non-hydrogen) atoms. The van der Waals surface area contributed by atoms with Crippen molar-refractivity contribution >= 4 is 42.3 Å². The quantitative estimate of drug-likeness (QED) is 0.784. The lowest BCUT2D eigenvalue weighted by molar-refractivity contribution is -0.132. The SMILES string of the molecule is CN1CCN(C(=O)Cc2ccc(NC(=O)[C@@H](N)C(C)(C)C)cc2)CC1.Cl.Cl. The Labute approximate surface area is 174 Å². The van der Waals surface area contributed by atoms with Gasteiger partial charge in [-0.05, 0) is 30.2 Å². The lowest BCUT2D eigenvalue weighted by Gasteiger charge is -2.32. The van der Waals surface area contributed by atoms with E-state index in [0.717, 1.165) is 31.7 Å². The van der Waals surface area contributed by atoms with Gasteiger partial charge >= 0.3 is 0 Å². The third-order valence-electron chi connectivity index (χ3n) is 4.65. The van der Waals surface area contributed by atoms with Gasteiger partial charge in [0.05, 0.1) is 12.5 Å². The first-order valence-corrected chi connectivity index (χ1v) is 8.78. The molecule has 1 aliphatic rings. The number of benzene rings is 1. The molecule has 0 aromatic heterocycles. The van der Waals surface area contributed by atoms with Gasteiger partial charge in [-0.25, -0.2) is 0 Å². The van der Waals surface area contributed by atoms with Crippen LogP contribution in [0.5, 0.6) is 0 Å². The number of rotatable bonds is 4. The first-order valence-electron chi connectivity index (χ1n) is 8.78. The van der Waals surface area contributed by atoms with E-state index in [1.165, 1.54) is 0 Å². The highest BCUT2D eigenvalue weighted by Gasteiger charge is 2.27. The molecule has 1 fully saturated rings. The second-order valence-corrected chi connectivity index (χ2v) is 7.89. The van der Waals surface area contributed by atoms with E-state index in [1.807, 2.05) is 49.9 Å². The molecule has 3 N–H and O–H groups in total. The molecule has 1 aromatic rings. The molecule has 0 radical (unpaired) electrons. The van der Waals surface area contributed by atoms with Crippen LogP contribution in [0.4, 0.5) is 5.69 Å². The van der Waals surface area contributed by atoms with E-state index in [9.17, 15) is 9.59 Å². The molecule has 1 atom stereocenters. The Morgan fingerprint density at radius 3 is 2.07 bits per heavy atom. The van der Waals surface area contributed by atoms with E-state index in [-0.39, 0.29) is 42.0 Å². The number of likely N-dealkylation sites (N-methyl/N-ethyl adjacent to an activating group) is 1. The summed E-state index contributed by atoms with van der Waals surface area (Å²) >= 11 is 0. The summed E-state index contributed by atoms with van der Waals surface area (Å²) in [5.41, 5.74) is 7.31. The van der Waals surface area contributed by atoms with Crippen LogP contribution in [0, 0.1) is 5.41 Å². The first-order chi connectivity index (χ1) is 11.7. The molecule has 0 saturated carbocycles. The topological polar surface area (TPSA) is 78.7 Å². The number of nitrogens with two attached hydrogens (primary N) is 1. The standard InChI is InChI=1S/C19H30N4O2.2ClH/c1-19(2,3)17(20)18(25)21-15-7-5-14(6-8-15)13-16(24)23-11-9-22(4)10-12-23;;/h5-8,17H,9-13,20H2,1-4H3,(H,21,25);2*1H/t17-;;/m1../s1. The van der Waals surface area contributed by atoms with E-state index in [4.69, 9.17) is 5.73 Å². The summed E-state index contributed by atoms with van der Waals surface area (Å²) in [6.07, 6.45) is 0.388. The van der Waals surface area contributed by atoms with Gasteiger partial charge in [0.1, 0.15) is 0 Å². The Bertz CT molecular complexity index is 609. The van der Waals surface area contributed by atoms with E-state index < -0.39 is 6.04 Å². The van der Waals surface area contributed by atoms with Crippen LogP contribution in [0.15, 0.2) is 24.3 Å². The zero-order chi connectivity index (χ0) is 18.6. The molecule has 0 unspecified atom stereocenters. The third kappa shape index (κ3) is 7.66. The van der Waals surface area contributed by atoms with Crippen molar-refractivity contribution < 1.29 is 9.59 Å². The smallest absolute Gasteiger partial charge is 0.241 e. The van der Waals surface area contributed by atoms with Crippen LogP contribution >= 0.6 is 24.8 Å². The highest BCUT2D eigenvalue weighted by Crippen LogP contribution is 2.19. The lowest BCUT2D eigenvalue weighted by Crippen LogP contribution is -2.47. The summed E-state index contributed by atoms with van der Waals surface area (Å²) in [7, 11) is 2.07. The number of nitrogens with zero attached hydrogens (tertiary/aromatic N) is 2. The number of halogens is 2. The second-order valence-electron chi connectivity index (χ2n) is 7.89.